The van der Waals surface area contributed by atoms with Crippen molar-refractivity contribution < 1.29 is 0 Å². The second-order valence-corrected chi connectivity index (χ2v) is 4.08. The van der Waals surface area contributed by atoms with E-state index in [-0.39, 0.29) is 0 Å². The molecule has 0 bridgehead atoms. The number of hydrogen-bond donors (Lipinski definition) is 2. The molecule has 0 aliphatic heterocycles. The van der Waals surface area contributed by atoms with Crippen LogP contribution in [0.3, 0.4) is 0 Å². The molecular formula is C10H18N2. The Morgan fingerprint density at radius 3 is 2.75 bits per heavy atom. The number of nitrogens with one attached hydrogen (secondary N) is 1. The summed E-state index contributed by atoms with van der Waals surface area (Å²) < 4.78 is 0. The quantitative estimate of drug-likeness (QED) is 0.705. The molecule has 0 unspecified atom stereocenters. The van der Waals surface area contributed by atoms with Crippen molar-refractivity contribution in [3.05, 3.63) is 24.0 Å². The molecular weight excluding hydrogens is 148 g/mol. The predicted molar refractivity (Wildman–Crippen MR) is 51.9 cm³/mol. The number of nitrogens with two attached hydrogens (primary N) is 1. The third-order valence-corrected chi connectivity index (χ3v) is 2.15. The van der Waals surface area contributed by atoms with Crippen molar-refractivity contribution in [1.29, 1.82) is 0 Å². The SMILES string of the molecule is CC(C)(CCN)Cc1ccc[nH]1. The Hall–Kier alpha value is -0.760. The smallest absolute Gasteiger partial charge is 0.0152 e. The van der Waals surface area contributed by atoms with E-state index in [1.165, 1.54) is 5.69 Å². The van der Waals surface area contributed by atoms with Gasteiger partial charge in [-0.3, -0.25) is 0 Å². The predicted octanol–water partition coefficient (Wildman–Crippen LogP) is 1.93. The van der Waals surface area contributed by atoms with Crippen molar-refractivity contribution in [2.24, 2.45) is 11.1 Å². The molecule has 12 heavy (non-hydrogen) atoms. The second kappa shape index (κ2) is 3.76. The minimum absolute atomic E-state index is 0.319. The molecule has 1 heterocycles. The Bertz CT molecular complexity index is 212. The monoisotopic (exact) mass is 166 g/mol. The highest BCUT2D eigenvalue weighted by Gasteiger charge is 2.17. The summed E-state index contributed by atoms with van der Waals surface area (Å²) in [6.45, 7) is 5.27. The third-order valence-electron chi connectivity index (χ3n) is 2.15. The van der Waals surface area contributed by atoms with Crippen LogP contribution in [-0.2, 0) is 6.42 Å². The van der Waals surface area contributed by atoms with E-state index >= 15 is 0 Å². The summed E-state index contributed by atoms with van der Waals surface area (Å²) in [7, 11) is 0. The van der Waals surface area contributed by atoms with Crippen molar-refractivity contribution >= 4 is 0 Å². The van der Waals surface area contributed by atoms with Crippen molar-refractivity contribution in [2.75, 3.05) is 6.54 Å². The Labute approximate surface area is 74.2 Å². The van der Waals surface area contributed by atoms with Crippen LogP contribution in [0.15, 0.2) is 18.3 Å². The lowest BCUT2D eigenvalue weighted by molar-refractivity contribution is 0.336. The molecule has 0 aliphatic carbocycles. The highest BCUT2D eigenvalue weighted by Crippen LogP contribution is 2.24. The van der Waals surface area contributed by atoms with E-state index in [9.17, 15) is 0 Å². The van der Waals surface area contributed by atoms with E-state index in [4.69, 9.17) is 5.73 Å². The molecule has 2 nitrogen and oxygen atoms in total. The maximum atomic E-state index is 5.53. The number of H-pyrrole nitrogens is 1. The van der Waals surface area contributed by atoms with Crippen LogP contribution in [0.5, 0.6) is 0 Å². The van der Waals surface area contributed by atoms with E-state index in [1.54, 1.807) is 0 Å². The first-order valence-corrected chi connectivity index (χ1v) is 4.46. The van der Waals surface area contributed by atoms with Gasteiger partial charge in [-0.25, -0.2) is 0 Å². The van der Waals surface area contributed by atoms with E-state index in [0.717, 1.165) is 19.4 Å². The van der Waals surface area contributed by atoms with E-state index < -0.39 is 0 Å². The summed E-state index contributed by atoms with van der Waals surface area (Å²) in [5.41, 5.74) is 7.15. The summed E-state index contributed by atoms with van der Waals surface area (Å²) in [6, 6.07) is 4.16. The van der Waals surface area contributed by atoms with Crippen LogP contribution < -0.4 is 5.73 Å². The van der Waals surface area contributed by atoms with Gasteiger partial charge in [-0.15, -0.1) is 0 Å². The lowest BCUT2D eigenvalue weighted by atomic mass is 9.84. The lowest BCUT2D eigenvalue weighted by Crippen LogP contribution is -2.19. The molecule has 0 spiro atoms. The van der Waals surface area contributed by atoms with E-state index in [0.29, 0.717) is 5.41 Å². The summed E-state index contributed by atoms with van der Waals surface area (Å²) in [5, 5.41) is 0. The minimum atomic E-state index is 0.319. The van der Waals surface area contributed by atoms with Gasteiger partial charge in [-0.05, 0) is 36.9 Å². The zero-order valence-electron chi connectivity index (χ0n) is 7.93. The molecule has 0 saturated carbocycles. The fraction of sp³-hybridized carbons (Fsp3) is 0.600. The topological polar surface area (TPSA) is 41.8 Å². The Kier molecular flexibility index (Phi) is 2.93. The average molecular weight is 166 g/mol. The van der Waals surface area contributed by atoms with Gasteiger partial charge in [0, 0.05) is 11.9 Å². The molecule has 1 aromatic heterocycles. The van der Waals surface area contributed by atoms with Crippen LogP contribution >= 0.6 is 0 Å². The molecule has 3 N–H and O–H groups in total. The molecule has 0 saturated heterocycles. The molecule has 0 aromatic carbocycles. The molecule has 0 aliphatic rings. The molecule has 0 atom stereocenters. The van der Waals surface area contributed by atoms with Gasteiger partial charge < -0.3 is 10.7 Å². The van der Waals surface area contributed by atoms with Crippen molar-refractivity contribution in [2.45, 2.75) is 26.7 Å². The molecule has 0 radical (unpaired) electrons. The fourth-order valence-electron chi connectivity index (χ4n) is 1.47. The highest BCUT2D eigenvalue weighted by atomic mass is 14.7. The highest BCUT2D eigenvalue weighted by molar-refractivity contribution is 5.05. The Morgan fingerprint density at radius 1 is 1.50 bits per heavy atom. The van der Waals surface area contributed by atoms with Gasteiger partial charge in [0.25, 0.3) is 0 Å². The lowest BCUT2D eigenvalue weighted by Gasteiger charge is -2.22. The van der Waals surface area contributed by atoms with Crippen LogP contribution in [0.2, 0.25) is 0 Å². The van der Waals surface area contributed by atoms with Crippen LogP contribution in [0, 0.1) is 5.41 Å². The van der Waals surface area contributed by atoms with Gasteiger partial charge in [-0.1, -0.05) is 13.8 Å². The zero-order valence-corrected chi connectivity index (χ0v) is 7.93. The van der Waals surface area contributed by atoms with Gasteiger partial charge in [0.2, 0.25) is 0 Å². The van der Waals surface area contributed by atoms with E-state index in [2.05, 4.69) is 24.9 Å². The van der Waals surface area contributed by atoms with Crippen molar-refractivity contribution in [3.8, 4) is 0 Å². The Balaban J connectivity index is 2.50. The van der Waals surface area contributed by atoms with Gasteiger partial charge in [0.05, 0.1) is 0 Å². The van der Waals surface area contributed by atoms with Gasteiger partial charge >= 0.3 is 0 Å². The number of aromatic nitrogens is 1. The standard InChI is InChI=1S/C10H18N2/c1-10(2,5-6-11)8-9-4-3-7-12-9/h3-4,7,12H,5-6,8,11H2,1-2H3. The van der Waals surface area contributed by atoms with Crippen LogP contribution in [0.1, 0.15) is 26.0 Å². The molecule has 1 rings (SSSR count). The fourth-order valence-corrected chi connectivity index (χ4v) is 1.47. The molecule has 0 fully saturated rings. The average Bonchev–Trinajstić information content (AvgIpc) is 2.38. The molecule has 2 heteroatoms. The summed E-state index contributed by atoms with van der Waals surface area (Å²) in [4.78, 5) is 3.21. The zero-order chi connectivity index (χ0) is 9.03. The Morgan fingerprint density at radius 2 is 2.25 bits per heavy atom. The van der Waals surface area contributed by atoms with Gasteiger partial charge in [0.15, 0.2) is 0 Å². The third kappa shape index (κ3) is 2.70. The first-order chi connectivity index (χ1) is 5.64. The normalized spacial score (nSPS) is 11.9. The second-order valence-electron chi connectivity index (χ2n) is 4.08. The summed E-state index contributed by atoms with van der Waals surface area (Å²) >= 11 is 0. The van der Waals surface area contributed by atoms with Crippen LogP contribution in [0.25, 0.3) is 0 Å². The molecule has 0 amide bonds. The largest absolute Gasteiger partial charge is 0.365 e. The maximum Gasteiger partial charge on any atom is 0.0152 e. The van der Waals surface area contributed by atoms with Crippen molar-refractivity contribution in [1.82, 2.24) is 4.98 Å². The van der Waals surface area contributed by atoms with Crippen molar-refractivity contribution in [3.63, 3.8) is 0 Å². The summed E-state index contributed by atoms with van der Waals surface area (Å²) in [5.74, 6) is 0. The first kappa shape index (κ1) is 9.33. The number of hydrogen-bond acceptors (Lipinski definition) is 1. The minimum Gasteiger partial charge on any atom is -0.365 e. The molecule has 1 aromatic rings. The summed E-state index contributed by atoms with van der Waals surface area (Å²) in [6.07, 6.45) is 4.12. The van der Waals surface area contributed by atoms with Crippen LogP contribution in [-0.4, -0.2) is 11.5 Å². The van der Waals surface area contributed by atoms with Gasteiger partial charge in [0.1, 0.15) is 0 Å². The number of aromatic amines is 1. The van der Waals surface area contributed by atoms with Gasteiger partial charge in [-0.2, -0.15) is 0 Å². The first-order valence-electron chi connectivity index (χ1n) is 4.46. The molecule has 68 valence electrons. The van der Waals surface area contributed by atoms with Crippen LogP contribution in [0.4, 0.5) is 0 Å². The van der Waals surface area contributed by atoms with E-state index in [1.807, 2.05) is 12.3 Å². The number of rotatable bonds is 4. The maximum absolute atomic E-state index is 5.53.